The summed E-state index contributed by atoms with van der Waals surface area (Å²) < 4.78 is 11.0. The molecule has 3 aliphatic heterocycles. The van der Waals surface area contributed by atoms with Crippen LogP contribution in [0.2, 0.25) is 0 Å². The number of carbonyl (C=O) groups is 1. The number of hydrogen-bond acceptors (Lipinski definition) is 8. The Morgan fingerprint density at radius 3 is 2.97 bits per heavy atom. The summed E-state index contributed by atoms with van der Waals surface area (Å²) in [5, 5.41) is 4.58. The highest BCUT2D eigenvalue weighted by Crippen LogP contribution is 2.43. The minimum atomic E-state index is 0.0550. The Morgan fingerprint density at radius 1 is 1.29 bits per heavy atom. The number of aromatic nitrogens is 2. The zero-order chi connectivity index (χ0) is 22.9. The fraction of sp³-hybridized carbons (Fsp3) is 0.440. The van der Waals surface area contributed by atoms with Crippen LogP contribution in [-0.2, 0) is 28.9 Å². The quantitative estimate of drug-likeness (QED) is 0.623. The number of carbonyl (C=O) groups excluding carboxylic acids is 1. The molecule has 1 spiro atoms. The standard InChI is InChI=1S/C25H25N5O3S/c1-32-19-5-16-8-26-7-15(16)4-18(19)29-22-21-17-3-2-14(6-20(17)34-23(21)28-13-27-22)24(31)30-9-25(10-30)11-33-12-25/h4-5,7,13-14H,2-3,6,8-12H2,1H3,(H,27,28,29). The van der Waals surface area contributed by atoms with Gasteiger partial charge in [-0.15, -0.1) is 11.3 Å². The minimum absolute atomic E-state index is 0.0550. The number of amides is 1. The second-order valence-electron chi connectivity index (χ2n) is 9.88. The molecule has 5 heterocycles. The van der Waals surface area contributed by atoms with Crippen LogP contribution in [0.4, 0.5) is 11.5 Å². The van der Waals surface area contributed by atoms with Crippen LogP contribution >= 0.6 is 11.3 Å². The third kappa shape index (κ3) is 3.06. The lowest BCUT2D eigenvalue weighted by Crippen LogP contribution is -2.68. The Balaban J connectivity index is 1.17. The predicted molar refractivity (Wildman–Crippen MR) is 130 cm³/mol. The van der Waals surface area contributed by atoms with Crippen molar-refractivity contribution in [3.05, 3.63) is 40.0 Å². The molecule has 4 aliphatic rings. The first-order valence-electron chi connectivity index (χ1n) is 11.7. The normalized spacial score (nSPS) is 21.7. The number of anilines is 2. The van der Waals surface area contributed by atoms with E-state index in [4.69, 9.17) is 9.47 Å². The van der Waals surface area contributed by atoms with Crippen LogP contribution in [0, 0.1) is 11.3 Å². The number of thiophene rings is 1. The van der Waals surface area contributed by atoms with Crippen LogP contribution in [0.5, 0.6) is 5.75 Å². The van der Waals surface area contributed by atoms with Gasteiger partial charge in [0, 0.05) is 30.1 Å². The van der Waals surface area contributed by atoms with Crippen molar-refractivity contribution in [1.29, 1.82) is 0 Å². The molecule has 2 aromatic heterocycles. The van der Waals surface area contributed by atoms with Gasteiger partial charge in [0.15, 0.2) is 0 Å². The second-order valence-corrected chi connectivity index (χ2v) is 11.0. The molecule has 1 amide bonds. The molecule has 2 saturated heterocycles. The summed E-state index contributed by atoms with van der Waals surface area (Å²) in [5.41, 5.74) is 4.67. The molecule has 0 bridgehead atoms. The van der Waals surface area contributed by atoms with Gasteiger partial charge in [-0.3, -0.25) is 9.79 Å². The van der Waals surface area contributed by atoms with Crippen molar-refractivity contribution in [3.8, 4) is 5.75 Å². The van der Waals surface area contributed by atoms with Crippen molar-refractivity contribution < 1.29 is 14.3 Å². The number of hydrogen-bond donors (Lipinski definition) is 1. The first-order valence-corrected chi connectivity index (χ1v) is 12.5. The van der Waals surface area contributed by atoms with Gasteiger partial charge in [-0.25, -0.2) is 9.97 Å². The van der Waals surface area contributed by atoms with Gasteiger partial charge >= 0.3 is 0 Å². The molecule has 3 aromatic rings. The molecule has 8 nitrogen and oxygen atoms in total. The maximum atomic E-state index is 13.1. The van der Waals surface area contributed by atoms with Crippen LogP contribution in [0.1, 0.15) is 28.0 Å². The lowest BCUT2D eigenvalue weighted by atomic mass is 9.76. The van der Waals surface area contributed by atoms with Crippen LogP contribution < -0.4 is 10.1 Å². The van der Waals surface area contributed by atoms with Crippen molar-refractivity contribution in [2.45, 2.75) is 25.8 Å². The minimum Gasteiger partial charge on any atom is -0.495 e. The van der Waals surface area contributed by atoms with Crippen LogP contribution in [0.15, 0.2) is 23.5 Å². The Labute approximate surface area is 201 Å². The largest absolute Gasteiger partial charge is 0.495 e. The van der Waals surface area contributed by atoms with E-state index in [-0.39, 0.29) is 11.3 Å². The number of aryl methyl sites for hydroxylation is 1. The lowest BCUT2D eigenvalue weighted by molar-refractivity contribution is -0.197. The van der Waals surface area contributed by atoms with Gasteiger partial charge in [0.1, 0.15) is 22.7 Å². The third-order valence-corrected chi connectivity index (χ3v) is 8.74. The fourth-order valence-corrected chi connectivity index (χ4v) is 6.97. The molecule has 1 unspecified atom stereocenters. The maximum Gasteiger partial charge on any atom is 0.226 e. The summed E-state index contributed by atoms with van der Waals surface area (Å²) in [6, 6.07) is 4.11. The summed E-state index contributed by atoms with van der Waals surface area (Å²) in [6.07, 6.45) is 6.02. The highest BCUT2D eigenvalue weighted by molar-refractivity contribution is 7.19. The molecule has 0 radical (unpaired) electrons. The molecule has 174 valence electrons. The van der Waals surface area contributed by atoms with Gasteiger partial charge in [-0.2, -0.15) is 0 Å². The zero-order valence-corrected chi connectivity index (χ0v) is 19.8. The van der Waals surface area contributed by atoms with E-state index in [0.29, 0.717) is 12.5 Å². The molecule has 2 fully saturated rings. The number of ether oxygens (including phenoxy) is 2. The van der Waals surface area contributed by atoms with Crippen LogP contribution in [0.25, 0.3) is 10.2 Å². The van der Waals surface area contributed by atoms with Gasteiger partial charge in [0.05, 0.1) is 43.4 Å². The summed E-state index contributed by atoms with van der Waals surface area (Å²) in [7, 11) is 1.68. The number of nitrogens with one attached hydrogen (secondary N) is 1. The van der Waals surface area contributed by atoms with Gasteiger partial charge < -0.3 is 19.7 Å². The zero-order valence-electron chi connectivity index (χ0n) is 19.0. The summed E-state index contributed by atoms with van der Waals surface area (Å²) in [4.78, 5) is 30.9. The SMILES string of the molecule is COc1cc2c(cc1Nc1ncnc3sc4c(c13)CCC(C(=O)N1CC3(COC3)C1)C4)C=NC2. The predicted octanol–water partition coefficient (Wildman–Crippen LogP) is 3.34. The molecular formula is C25H25N5O3S. The lowest BCUT2D eigenvalue weighted by Gasteiger charge is -2.55. The van der Waals surface area contributed by atoms with Crippen molar-refractivity contribution in [3.63, 3.8) is 0 Å². The number of benzene rings is 1. The van der Waals surface area contributed by atoms with Gasteiger partial charge in [-0.1, -0.05) is 0 Å². The molecule has 1 aliphatic carbocycles. The Hall–Kier alpha value is -3.04. The molecule has 1 atom stereocenters. The highest BCUT2D eigenvalue weighted by Gasteiger charge is 2.51. The van der Waals surface area contributed by atoms with E-state index >= 15 is 0 Å². The van der Waals surface area contributed by atoms with Crippen molar-refractivity contribution in [2.75, 3.05) is 38.7 Å². The Bertz CT molecular complexity index is 1350. The van der Waals surface area contributed by atoms with E-state index in [1.54, 1.807) is 24.8 Å². The number of fused-ring (bicyclic) bond motifs is 4. The van der Waals surface area contributed by atoms with E-state index in [2.05, 4.69) is 26.3 Å². The van der Waals surface area contributed by atoms with E-state index in [1.807, 2.05) is 17.2 Å². The van der Waals surface area contributed by atoms with Crippen molar-refractivity contribution in [2.24, 2.45) is 16.3 Å². The van der Waals surface area contributed by atoms with Crippen molar-refractivity contribution in [1.82, 2.24) is 14.9 Å². The number of rotatable bonds is 4. The summed E-state index contributed by atoms with van der Waals surface area (Å²) in [6.45, 7) is 4.01. The molecule has 1 aromatic carbocycles. The van der Waals surface area contributed by atoms with E-state index in [0.717, 1.165) is 84.2 Å². The molecular weight excluding hydrogens is 450 g/mol. The maximum absolute atomic E-state index is 13.1. The number of nitrogens with zero attached hydrogens (tertiary/aromatic N) is 4. The molecule has 9 heteroatoms. The average molecular weight is 476 g/mol. The fourth-order valence-electron chi connectivity index (χ4n) is 5.70. The van der Waals surface area contributed by atoms with Gasteiger partial charge in [0.25, 0.3) is 0 Å². The average Bonchev–Trinajstić information content (AvgIpc) is 3.40. The van der Waals surface area contributed by atoms with Crippen LogP contribution in [0.3, 0.4) is 0 Å². The molecule has 34 heavy (non-hydrogen) atoms. The summed E-state index contributed by atoms with van der Waals surface area (Å²) >= 11 is 1.69. The summed E-state index contributed by atoms with van der Waals surface area (Å²) in [5.74, 6) is 1.92. The van der Waals surface area contributed by atoms with Crippen LogP contribution in [-0.4, -0.2) is 60.4 Å². The second kappa shape index (κ2) is 7.48. The molecule has 7 rings (SSSR count). The van der Waals surface area contributed by atoms with Gasteiger partial charge in [0.2, 0.25) is 5.91 Å². The number of likely N-dealkylation sites (tertiary alicyclic amines) is 1. The topological polar surface area (TPSA) is 88.9 Å². The number of methoxy groups -OCH3 is 1. The first-order chi connectivity index (χ1) is 16.6. The van der Waals surface area contributed by atoms with Crippen molar-refractivity contribution >= 4 is 45.2 Å². The Morgan fingerprint density at radius 2 is 2.18 bits per heavy atom. The third-order valence-electron chi connectivity index (χ3n) is 7.58. The highest BCUT2D eigenvalue weighted by atomic mass is 32.1. The monoisotopic (exact) mass is 475 g/mol. The smallest absolute Gasteiger partial charge is 0.226 e. The Kier molecular flexibility index (Phi) is 4.48. The van der Waals surface area contributed by atoms with E-state index in [9.17, 15) is 4.79 Å². The number of aliphatic imine (C=N–C) groups is 1. The first kappa shape index (κ1) is 20.3. The molecule has 1 N–H and O–H groups in total. The van der Waals surface area contributed by atoms with Gasteiger partial charge in [-0.05, 0) is 48.1 Å². The molecule has 0 saturated carbocycles. The van der Waals surface area contributed by atoms with E-state index < -0.39 is 0 Å². The van der Waals surface area contributed by atoms with E-state index in [1.165, 1.54) is 10.4 Å².